The molecule has 0 unspecified atom stereocenters. The van der Waals surface area contributed by atoms with E-state index in [2.05, 4.69) is 20.0 Å². The lowest BCUT2D eigenvalue weighted by atomic mass is 10.1. The quantitative estimate of drug-likeness (QED) is 0.529. The highest BCUT2D eigenvalue weighted by Gasteiger charge is 2.32. The van der Waals surface area contributed by atoms with E-state index in [0.717, 1.165) is 24.4 Å². The standard InChI is InChI=1S/C16H16N6O2/c1-11-8-15(21-16(19-11)17-10-18-21)20(13-6-7-13)9-12-4-2-3-5-14(12)22(23)24/h2-5,8,10,13H,6-7,9H2,1H3. The average Bonchev–Trinajstić information content (AvgIpc) is 3.30. The van der Waals surface area contributed by atoms with Crippen molar-refractivity contribution < 1.29 is 4.92 Å². The molecule has 122 valence electrons. The van der Waals surface area contributed by atoms with Crippen molar-refractivity contribution >= 4 is 17.3 Å². The second kappa shape index (κ2) is 5.55. The summed E-state index contributed by atoms with van der Waals surface area (Å²) in [5, 5.41) is 15.6. The predicted octanol–water partition coefficient (Wildman–Crippen LogP) is 2.51. The highest BCUT2D eigenvalue weighted by atomic mass is 16.6. The molecular weight excluding hydrogens is 308 g/mol. The third kappa shape index (κ3) is 2.55. The highest BCUT2D eigenvalue weighted by molar-refractivity contribution is 5.51. The first-order chi connectivity index (χ1) is 11.6. The molecule has 1 aliphatic carbocycles. The molecule has 8 heteroatoms. The SMILES string of the molecule is Cc1cc(N(Cc2ccccc2[N+](=O)[O-])C2CC2)n2ncnc2n1. The van der Waals surface area contributed by atoms with Crippen molar-refractivity contribution in [2.45, 2.75) is 32.4 Å². The number of nitro benzene ring substituents is 1. The van der Waals surface area contributed by atoms with Gasteiger partial charge in [0.05, 0.1) is 11.5 Å². The van der Waals surface area contributed by atoms with E-state index < -0.39 is 0 Å². The minimum absolute atomic E-state index is 0.142. The molecule has 0 spiro atoms. The maximum Gasteiger partial charge on any atom is 0.274 e. The summed E-state index contributed by atoms with van der Waals surface area (Å²) in [5.74, 6) is 1.41. The average molecular weight is 324 g/mol. The van der Waals surface area contributed by atoms with Gasteiger partial charge in [-0.1, -0.05) is 18.2 Å². The van der Waals surface area contributed by atoms with Gasteiger partial charge in [-0.3, -0.25) is 10.1 Å². The van der Waals surface area contributed by atoms with Crippen LogP contribution < -0.4 is 4.90 Å². The van der Waals surface area contributed by atoms with Gasteiger partial charge in [0.2, 0.25) is 0 Å². The van der Waals surface area contributed by atoms with Crippen LogP contribution in [0, 0.1) is 17.0 Å². The first kappa shape index (κ1) is 14.6. The maximum atomic E-state index is 11.3. The number of nitrogens with zero attached hydrogens (tertiary/aromatic N) is 6. The number of hydrogen-bond donors (Lipinski definition) is 0. The summed E-state index contributed by atoms with van der Waals surface area (Å²) in [6.07, 6.45) is 3.61. The lowest BCUT2D eigenvalue weighted by Gasteiger charge is -2.25. The van der Waals surface area contributed by atoms with Gasteiger partial charge in [0.25, 0.3) is 11.5 Å². The number of aromatic nitrogens is 4. The number of anilines is 1. The molecule has 0 atom stereocenters. The number of para-hydroxylation sites is 1. The van der Waals surface area contributed by atoms with Crippen LogP contribution >= 0.6 is 0 Å². The number of benzene rings is 1. The van der Waals surface area contributed by atoms with Gasteiger partial charge >= 0.3 is 0 Å². The molecule has 3 aromatic rings. The Morgan fingerprint density at radius 1 is 1.38 bits per heavy atom. The zero-order valence-electron chi connectivity index (χ0n) is 13.2. The summed E-state index contributed by atoms with van der Waals surface area (Å²) >= 11 is 0. The monoisotopic (exact) mass is 324 g/mol. The van der Waals surface area contributed by atoms with Gasteiger partial charge in [-0.2, -0.15) is 14.6 Å². The van der Waals surface area contributed by atoms with E-state index in [0.29, 0.717) is 23.9 Å². The molecule has 1 aromatic carbocycles. The van der Waals surface area contributed by atoms with Crippen LogP contribution in [0.25, 0.3) is 5.78 Å². The van der Waals surface area contributed by atoms with Gasteiger partial charge in [0.1, 0.15) is 12.1 Å². The van der Waals surface area contributed by atoms with Crippen LogP contribution in [0.15, 0.2) is 36.7 Å². The van der Waals surface area contributed by atoms with Crippen molar-refractivity contribution in [1.29, 1.82) is 0 Å². The maximum absolute atomic E-state index is 11.3. The highest BCUT2D eigenvalue weighted by Crippen LogP contribution is 2.34. The molecule has 0 amide bonds. The van der Waals surface area contributed by atoms with Gasteiger partial charge in [-0.05, 0) is 19.8 Å². The lowest BCUT2D eigenvalue weighted by molar-refractivity contribution is -0.385. The van der Waals surface area contributed by atoms with Crippen LogP contribution in [0.1, 0.15) is 24.1 Å². The molecule has 1 aliphatic rings. The van der Waals surface area contributed by atoms with Crippen molar-refractivity contribution in [3.8, 4) is 0 Å². The summed E-state index contributed by atoms with van der Waals surface area (Å²) in [6.45, 7) is 2.37. The number of nitro groups is 1. The first-order valence-electron chi connectivity index (χ1n) is 7.80. The van der Waals surface area contributed by atoms with Crippen molar-refractivity contribution in [2.24, 2.45) is 0 Å². The molecular formula is C16H16N6O2. The Morgan fingerprint density at radius 2 is 2.17 bits per heavy atom. The molecule has 8 nitrogen and oxygen atoms in total. The second-order valence-corrected chi connectivity index (χ2v) is 5.97. The fraction of sp³-hybridized carbons (Fsp3) is 0.312. The fourth-order valence-electron chi connectivity index (χ4n) is 2.91. The van der Waals surface area contributed by atoms with Crippen LogP contribution in [-0.2, 0) is 6.54 Å². The van der Waals surface area contributed by atoms with Crippen LogP contribution in [-0.4, -0.2) is 30.5 Å². The second-order valence-electron chi connectivity index (χ2n) is 5.97. The zero-order chi connectivity index (χ0) is 16.7. The summed E-state index contributed by atoms with van der Waals surface area (Å²) in [6, 6.07) is 9.18. The minimum Gasteiger partial charge on any atom is -0.349 e. The van der Waals surface area contributed by atoms with Crippen molar-refractivity contribution in [3.63, 3.8) is 0 Å². The normalized spacial score (nSPS) is 14.0. The van der Waals surface area contributed by atoms with E-state index in [4.69, 9.17) is 0 Å². The molecule has 1 saturated carbocycles. The van der Waals surface area contributed by atoms with Gasteiger partial charge in [0.15, 0.2) is 0 Å². The Balaban J connectivity index is 1.78. The van der Waals surface area contributed by atoms with Gasteiger partial charge in [-0.25, -0.2) is 4.98 Å². The smallest absolute Gasteiger partial charge is 0.274 e. The van der Waals surface area contributed by atoms with Crippen molar-refractivity contribution in [2.75, 3.05) is 4.90 Å². The molecule has 2 aromatic heterocycles. The third-order valence-corrected chi connectivity index (χ3v) is 4.17. The third-order valence-electron chi connectivity index (χ3n) is 4.17. The van der Waals surface area contributed by atoms with Crippen molar-refractivity contribution in [3.05, 3.63) is 58.0 Å². The molecule has 0 N–H and O–H groups in total. The van der Waals surface area contributed by atoms with Crippen LogP contribution in [0.2, 0.25) is 0 Å². The topological polar surface area (TPSA) is 89.5 Å². The summed E-state index contributed by atoms with van der Waals surface area (Å²) < 4.78 is 1.69. The van der Waals surface area contributed by atoms with Gasteiger partial charge < -0.3 is 4.90 Å². The van der Waals surface area contributed by atoms with Gasteiger partial charge in [-0.15, -0.1) is 0 Å². The molecule has 0 aliphatic heterocycles. The Hall–Kier alpha value is -3.03. The Labute approximate surface area is 137 Å². The molecule has 24 heavy (non-hydrogen) atoms. The Bertz CT molecular complexity index is 918. The van der Waals surface area contributed by atoms with E-state index in [-0.39, 0.29) is 10.6 Å². The minimum atomic E-state index is -0.330. The van der Waals surface area contributed by atoms with Crippen LogP contribution in [0.4, 0.5) is 11.5 Å². The molecule has 2 heterocycles. The van der Waals surface area contributed by atoms with E-state index in [1.165, 1.54) is 6.33 Å². The molecule has 1 fully saturated rings. The molecule has 0 saturated heterocycles. The molecule has 0 radical (unpaired) electrons. The fourth-order valence-corrected chi connectivity index (χ4v) is 2.91. The molecule has 0 bridgehead atoms. The van der Waals surface area contributed by atoms with E-state index in [9.17, 15) is 10.1 Å². The first-order valence-corrected chi connectivity index (χ1v) is 7.80. The predicted molar refractivity (Wildman–Crippen MR) is 87.8 cm³/mol. The summed E-state index contributed by atoms with van der Waals surface area (Å²) in [7, 11) is 0. The van der Waals surface area contributed by atoms with Gasteiger partial charge in [0, 0.05) is 29.4 Å². The largest absolute Gasteiger partial charge is 0.349 e. The summed E-state index contributed by atoms with van der Waals surface area (Å²) in [4.78, 5) is 21.7. The van der Waals surface area contributed by atoms with E-state index in [1.54, 1.807) is 22.7 Å². The summed E-state index contributed by atoms with van der Waals surface area (Å²) in [5.41, 5.74) is 1.68. The lowest BCUT2D eigenvalue weighted by Crippen LogP contribution is -2.28. The Kier molecular flexibility index (Phi) is 3.37. The number of aryl methyl sites for hydroxylation is 1. The number of hydrogen-bond acceptors (Lipinski definition) is 6. The van der Waals surface area contributed by atoms with E-state index in [1.807, 2.05) is 19.1 Å². The number of rotatable bonds is 5. The zero-order valence-corrected chi connectivity index (χ0v) is 13.2. The Morgan fingerprint density at radius 3 is 2.92 bits per heavy atom. The van der Waals surface area contributed by atoms with Crippen molar-refractivity contribution in [1.82, 2.24) is 19.6 Å². The van der Waals surface area contributed by atoms with E-state index >= 15 is 0 Å². The van der Waals surface area contributed by atoms with Crippen LogP contribution in [0.5, 0.6) is 0 Å². The van der Waals surface area contributed by atoms with Crippen LogP contribution in [0.3, 0.4) is 0 Å². The molecule has 4 rings (SSSR count). The number of fused-ring (bicyclic) bond motifs is 1.